The van der Waals surface area contributed by atoms with E-state index in [1.165, 1.54) is 5.69 Å². The number of aromatic nitrogens is 2. The maximum absolute atomic E-state index is 11.0. The number of carbonyl (C=O) groups is 1. The summed E-state index contributed by atoms with van der Waals surface area (Å²) < 4.78 is 2.11. The van der Waals surface area contributed by atoms with E-state index in [2.05, 4.69) is 14.3 Å². The SMILES string of the molecule is CC1(c2cnc[n]2[Tl])CC1C(N)=O. The van der Waals surface area contributed by atoms with E-state index >= 15 is 0 Å². The molecule has 1 saturated carbocycles. The third-order valence-electron chi connectivity index (χ3n) is 2.83. The molecule has 1 aromatic heterocycles. The number of rotatable bonds is 2. The molecule has 2 unspecified atom stereocenters. The van der Waals surface area contributed by atoms with Gasteiger partial charge < -0.3 is 0 Å². The molecule has 0 spiro atoms. The number of hydrogen-bond donors (Lipinski definition) is 1. The number of carbonyl (C=O) groups excluding carboxylic acids is 1. The Kier molecular flexibility index (Phi) is 1.97. The Bertz CT molecular complexity index is 362. The Morgan fingerprint density at radius 2 is 2.62 bits per heavy atom. The minimum absolute atomic E-state index is 0.0155. The van der Waals surface area contributed by atoms with Crippen molar-refractivity contribution in [3.63, 3.8) is 0 Å². The molecule has 2 rings (SSSR count). The van der Waals surface area contributed by atoms with Crippen LogP contribution >= 0.6 is 0 Å². The van der Waals surface area contributed by atoms with Crippen LogP contribution in [0.15, 0.2) is 12.5 Å². The van der Waals surface area contributed by atoms with Crippen LogP contribution in [0.25, 0.3) is 0 Å². The fourth-order valence-electron chi connectivity index (χ4n) is 1.81. The van der Waals surface area contributed by atoms with Crippen LogP contribution in [0.2, 0.25) is 0 Å². The summed E-state index contributed by atoms with van der Waals surface area (Å²) in [5.41, 5.74) is 6.41. The molecule has 0 saturated heterocycles. The summed E-state index contributed by atoms with van der Waals surface area (Å²) in [6.07, 6.45) is 4.55. The molecule has 0 aromatic carbocycles. The van der Waals surface area contributed by atoms with Gasteiger partial charge in [-0.15, -0.1) is 0 Å². The molecular weight excluding hydrogens is 358 g/mol. The van der Waals surface area contributed by atoms with Gasteiger partial charge in [0.1, 0.15) is 0 Å². The molecule has 2 atom stereocenters. The number of hydrogen-bond acceptors (Lipinski definition) is 2. The predicted octanol–water partition coefficient (Wildman–Crippen LogP) is -0.422. The van der Waals surface area contributed by atoms with Crippen LogP contribution in [-0.2, 0) is 10.2 Å². The topological polar surface area (TPSA) is 60.9 Å². The Morgan fingerprint density at radius 3 is 3.00 bits per heavy atom. The van der Waals surface area contributed by atoms with Gasteiger partial charge in [-0.25, -0.2) is 0 Å². The zero-order chi connectivity index (χ0) is 9.64. The number of nitrogens with zero attached hydrogens (tertiary/aromatic N) is 2. The number of primary amides is 1. The van der Waals surface area contributed by atoms with Crippen molar-refractivity contribution in [2.45, 2.75) is 18.8 Å². The van der Waals surface area contributed by atoms with E-state index in [9.17, 15) is 4.79 Å². The van der Waals surface area contributed by atoms with Crippen molar-refractivity contribution in [3.8, 4) is 0 Å². The van der Waals surface area contributed by atoms with E-state index < -0.39 is 0 Å². The second kappa shape index (κ2) is 2.79. The van der Waals surface area contributed by atoms with Gasteiger partial charge in [0.05, 0.1) is 0 Å². The van der Waals surface area contributed by atoms with Crippen molar-refractivity contribution >= 4 is 32.0 Å². The molecule has 66 valence electrons. The Morgan fingerprint density at radius 1 is 1.92 bits per heavy atom. The molecule has 1 aliphatic rings. The van der Waals surface area contributed by atoms with Crippen LogP contribution in [0.3, 0.4) is 0 Å². The second-order valence-electron chi connectivity index (χ2n) is 3.76. The number of amides is 1. The molecule has 0 aliphatic heterocycles. The first-order valence-corrected chi connectivity index (χ1v) is 6.13. The summed E-state index contributed by atoms with van der Waals surface area (Å²) in [4.78, 5) is 15.1. The molecule has 5 heteroatoms. The first-order valence-electron chi connectivity index (χ1n) is 4.13. The van der Waals surface area contributed by atoms with Crippen LogP contribution in [0, 0.1) is 5.92 Å². The van der Waals surface area contributed by atoms with Crippen LogP contribution < -0.4 is 5.73 Å². The van der Waals surface area contributed by atoms with Crippen LogP contribution in [-0.4, -0.2) is 39.3 Å². The maximum atomic E-state index is 11.0. The Hall–Kier alpha value is -0.398. The molecule has 0 bridgehead atoms. The molecule has 0 radical (unpaired) electrons. The van der Waals surface area contributed by atoms with Crippen LogP contribution in [0.5, 0.6) is 0 Å². The van der Waals surface area contributed by atoms with Crippen LogP contribution in [0.1, 0.15) is 19.0 Å². The summed E-state index contributed by atoms with van der Waals surface area (Å²) in [6, 6.07) is 0. The molecular formula is C8H10N3OTl. The molecule has 13 heavy (non-hydrogen) atoms. The first kappa shape index (κ1) is 9.17. The van der Waals surface area contributed by atoms with Gasteiger partial charge in [0, 0.05) is 0 Å². The predicted molar refractivity (Wildman–Crippen MR) is 48.0 cm³/mol. The van der Waals surface area contributed by atoms with E-state index in [1.54, 1.807) is 0 Å². The average Bonchev–Trinajstić information content (AvgIpc) is 2.53. The molecule has 1 fully saturated rings. The third-order valence-corrected chi connectivity index (χ3v) is 4.43. The fraction of sp³-hybridized carbons (Fsp3) is 0.500. The van der Waals surface area contributed by atoms with Crippen molar-refractivity contribution in [1.29, 1.82) is 0 Å². The monoisotopic (exact) mass is 369 g/mol. The first-order chi connectivity index (χ1) is 6.05. The third kappa shape index (κ3) is 1.31. The second-order valence-corrected chi connectivity index (χ2v) is 5.93. The summed E-state index contributed by atoms with van der Waals surface area (Å²) in [5, 5.41) is 0. The van der Waals surface area contributed by atoms with Crippen molar-refractivity contribution in [2.75, 3.05) is 0 Å². The summed E-state index contributed by atoms with van der Waals surface area (Å²) in [7, 11) is 0. The molecule has 1 aliphatic carbocycles. The molecule has 1 amide bonds. The molecule has 4 nitrogen and oxygen atoms in total. The Labute approximate surface area is 92.6 Å². The standard InChI is InChI=1S/C8H11N3O.Tl/c1-8(2-5(8)7(9)12)6-3-10-4-11-6;/h3-5H,2H2,1H3,(H3,9,10,11,12);/q;+1/p-1. The molecule has 1 heterocycles. The zero-order valence-electron chi connectivity index (χ0n) is 7.40. The van der Waals surface area contributed by atoms with Gasteiger partial charge in [0.15, 0.2) is 0 Å². The van der Waals surface area contributed by atoms with Crippen molar-refractivity contribution in [1.82, 2.24) is 7.36 Å². The van der Waals surface area contributed by atoms with Crippen molar-refractivity contribution in [3.05, 3.63) is 18.2 Å². The van der Waals surface area contributed by atoms with Gasteiger partial charge >= 0.3 is 92.8 Å². The molecule has 2 N–H and O–H groups in total. The average molecular weight is 369 g/mol. The van der Waals surface area contributed by atoms with Gasteiger partial charge in [-0.05, 0) is 0 Å². The van der Waals surface area contributed by atoms with Gasteiger partial charge in [0.2, 0.25) is 0 Å². The normalized spacial score (nSPS) is 31.5. The van der Waals surface area contributed by atoms with Crippen molar-refractivity contribution < 1.29 is 4.79 Å². The summed E-state index contributed by atoms with van der Waals surface area (Å²) in [5.74, 6) is -0.171. The zero-order valence-corrected chi connectivity index (χ0v) is 11.9. The fourth-order valence-corrected chi connectivity index (χ4v) is 3.51. The number of imidazole rings is 1. The summed E-state index contributed by atoms with van der Waals surface area (Å²) >= 11 is 0.702. The van der Waals surface area contributed by atoms with E-state index in [-0.39, 0.29) is 17.2 Å². The van der Waals surface area contributed by atoms with Gasteiger partial charge in [-0.3, -0.25) is 0 Å². The van der Waals surface area contributed by atoms with E-state index in [0.717, 1.165) is 6.42 Å². The van der Waals surface area contributed by atoms with Crippen LogP contribution in [0.4, 0.5) is 0 Å². The van der Waals surface area contributed by atoms with E-state index in [1.807, 2.05) is 12.5 Å². The van der Waals surface area contributed by atoms with E-state index in [0.29, 0.717) is 26.1 Å². The van der Waals surface area contributed by atoms with E-state index in [4.69, 9.17) is 5.73 Å². The minimum atomic E-state index is -0.186. The Balaban J connectivity index is 2.30. The van der Waals surface area contributed by atoms with Gasteiger partial charge in [-0.1, -0.05) is 0 Å². The van der Waals surface area contributed by atoms with Crippen molar-refractivity contribution in [2.24, 2.45) is 11.7 Å². The van der Waals surface area contributed by atoms with Gasteiger partial charge in [0.25, 0.3) is 0 Å². The number of nitrogens with two attached hydrogens (primary N) is 1. The van der Waals surface area contributed by atoms with Gasteiger partial charge in [-0.2, -0.15) is 0 Å². The summed E-state index contributed by atoms with van der Waals surface area (Å²) in [6.45, 7) is 2.08. The molecule has 1 aromatic rings. The quantitative estimate of drug-likeness (QED) is 0.721.